The summed E-state index contributed by atoms with van der Waals surface area (Å²) in [6.07, 6.45) is 16.3. The number of methoxy groups -OCH3 is 1. The molecule has 1 aromatic carbocycles. The number of ether oxygens (including phenoxy) is 1. The lowest BCUT2D eigenvalue weighted by Crippen LogP contribution is -2.16. The first-order valence-electron chi connectivity index (χ1n) is 10.2. The smallest absolute Gasteiger partial charge is 0.240 e. The van der Waals surface area contributed by atoms with Crippen LogP contribution in [-0.2, 0) is 4.79 Å². The lowest BCUT2D eigenvalue weighted by molar-refractivity contribution is -0.121. The minimum Gasteiger partial charge on any atom is -0.496 e. The summed E-state index contributed by atoms with van der Waals surface area (Å²) in [5.41, 5.74) is 3.44. The van der Waals surface area contributed by atoms with Gasteiger partial charge in [0.05, 0.1) is 13.3 Å². The molecule has 26 heavy (non-hydrogen) atoms. The number of para-hydroxylation sites is 1. The van der Waals surface area contributed by atoms with Crippen LogP contribution < -0.4 is 10.2 Å². The van der Waals surface area contributed by atoms with Crippen LogP contribution in [0, 0.1) is 0 Å². The lowest BCUT2D eigenvalue weighted by atomic mass is 10.1. The number of nitrogens with one attached hydrogen (secondary N) is 1. The van der Waals surface area contributed by atoms with Crippen LogP contribution in [0.5, 0.6) is 5.75 Å². The summed E-state index contributed by atoms with van der Waals surface area (Å²) < 4.78 is 5.24. The van der Waals surface area contributed by atoms with E-state index < -0.39 is 0 Å². The predicted octanol–water partition coefficient (Wildman–Crippen LogP) is 5.85. The highest BCUT2D eigenvalue weighted by molar-refractivity contribution is 5.85. The van der Waals surface area contributed by atoms with Crippen molar-refractivity contribution in [3.05, 3.63) is 29.8 Å². The van der Waals surface area contributed by atoms with Gasteiger partial charge in [-0.25, -0.2) is 5.43 Å². The zero-order valence-electron chi connectivity index (χ0n) is 16.6. The number of hydrogen-bond donors (Lipinski definition) is 1. The van der Waals surface area contributed by atoms with Gasteiger partial charge in [-0.1, -0.05) is 83.3 Å². The summed E-state index contributed by atoms with van der Waals surface area (Å²) in [7, 11) is 1.62. The Morgan fingerprint density at radius 2 is 1.54 bits per heavy atom. The normalized spacial score (nSPS) is 11.0. The molecule has 1 N–H and O–H groups in total. The summed E-state index contributed by atoms with van der Waals surface area (Å²) in [5, 5.41) is 4.02. The number of carbonyl (C=O) groups excluding carboxylic acids is 1. The van der Waals surface area contributed by atoms with Crippen LogP contribution in [0.4, 0.5) is 0 Å². The number of nitrogens with zero attached hydrogens (tertiary/aromatic N) is 1. The van der Waals surface area contributed by atoms with Crippen molar-refractivity contribution in [3.63, 3.8) is 0 Å². The van der Waals surface area contributed by atoms with Crippen LogP contribution in [-0.4, -0.2) is 19.2 Å². The summed E-state index contributed by atoms with van der Waals surface area (Å²) in [6.45, 7) is 2.26. The van der Waals surface area contributed by atoms with E-state index in [1.807, 2.05) is 24.3 Å². The average molecular weight is 361 g/mol. The molecule has 1 amide bonds. The molecule has 0 fully saturated rings. The molecule has 0 spiro atoms. The number of amides is 1. The molecule has 1 rings (SSSR count). The summed E-state index contributed by atoms with van der Waals surface area (Å²) in [5.74, 6) is 0.725. The molecular formula is C22H36N2O2. The second-order valence-electron chi connectivity index (χ2n) is 6.82. The van der Waals surface area contributed by atoms with Crippen LogP contribution >= 0.6 is 0 Å². The first-order chi connectivity index (χ1) is 12.8. The van der Waals surface area contributed by atoms with Gasteiger partial charge in [-0.2, -0.15) is 5.10 Å². The Balaban J connectivity index is 1.99. The van der Waals surface area contributed by atoms with E-state index in [0.29, 0.717) is 6.42 Å². The van der Waals surface area contributed by atoms with Crippen molar-refractivity contribution in [2.45, 2.75) is 84.0 Å². The van der Waals surface area contributed by atoms with Crippen LogP contribution in [0.25, 0.3) is 0 Å². The van der Waals surface area contributed by atoms with Crippen LogP contribution in [0.3, 0.4) is 0 Å². The second kappa shape index (κ2) is 15.4. The fraction of sp³-hybridized carbons (Fsp3) is 0.636. The first kappa shape index (κ1) is 22.2. The zero-order valence-corrected chi connectivity index (χ0v) is 16.6. The monoisotopic (exact) mass is 360 g/mol. The van der Waals surface area contributed by atoms with E-state index in [-0.39, 0.29) is 5.91 Å². The highest BCUT2D eigenvalue weighted by Gasteiger charge is 2.01. The Hall–Kier alpha value is -1.84. The van der Waals surface area contributed by atoms with Crippen molar-refractivity contribution in [2.75, 3.05) is 7.11 Å². The maximum atomic E-state index is 11.8. The molecule has 4 nitrogen and oxygen atoms in total. The fourth-order valence-electron chi connectivity index (χ4n) is 2.95. The number of hydrogen-bond acceptors (Lipinski definition) is 3. The van der Waals surface area contributed by atoms with Gasteiger partial charge in [0.1, 0.15) is 5.75 Å². The quantitative estimate of drug-likeness (QED) is 0.242. The standard InChI is InChI=1S/C22H36N2O2/c1-3-4-5-6-7-8-9-10-11-12-13-18-22(25)24-23-19-20-16-14-15-17-21(20)26-2/h14-17,19H,3-13,18H2,1-2H3,(H,24,25)/b23-19+. The molecule has 146 valence electrons. The van der Waals surface area contributed by atoms with E-state index >= 15 is 0 Å². The van der Waals surface area contributed by atoms with Crippen molar-refractivity contribution in [1.29, 1.82) is 0 Å². The van der Waals surface area contributed by atoms with E-state index in [9.17, 15) is 4.79 Å². The van der Waals surface area contributed by atoms with Crippen molar-refractivity contribution in [3.8, 4) is 5.75 Å². The molecule has 0 saturated heterocycles. The molecule has 0 heterocycles. The van der Waals surface area contributed by atoms with E-state index in [4.69, 9.17) is 4.74 Å². The molecule has 0 aromatic heterocycles. The maximum absolute atomic E-state index is 11.8. The third kappa shape index (κ3) is 10.9. The summed E-state index contributed by atoms with van der Waals surface area (Å²) >= 11 is 0. The van der Waals surface area contributed by atoms with Crippen molar-refractivity contribution in [2.24, 2.45) is 5.10 Å². The minimum absolute atomic E-state index is 0.0212. The summed E-state index contributed by atoms with van der Waals surface area (Å²) in [6, 6.07) is 7.59. The van der Waals surface area contributed by atoms with Gasteiger partial charge in [0.2, 0.25) is 5.91 Å². The molecule has 0 aliphatic heterocycles. The molecule has 1 aromatic rings. The van der Waals surface area contributed by atoms with Gasteiger partial charge < -0.3 is 4.74 Å². The zero-order chi connectivity index (χ0) is 18.9. The van der Waals surface area contributed by atoms with E-state index in [2.05, 4.69) is 17.5 Å². The predicted molar refractivity (Wildman–Crippen MR) is 110 cm³/mol. The van der Waals surface area contributed by atoms with Crippen molar-refractivity contribution < 1.29 is 9.53 Å². The Morgan fingerprint density at radius 1 is 0.962 bits per heavy atom. The van der Waals surface area contributed by atoms with E-state index in [1.54, 1.807) is 13.3 Å². The van der Waals surface area contributed by atoms with Gasteiger partial charge >= 0.3 is 0 Å². The largest absolute Gasteiger partial charge is 0.496 e. The molecule has 0 bridgehead atoms. The third-order valence-corrected chi connectivity index (χ3v) is 4.54. The Kier molecular flexibility index (Phi) is 13.2. The second-order valence-corrected chi connectivity index (χ2v) is 6.82. The van der Waals surface area contributed by atoms with Crippen LogP contribution in [0.15, 0.2) is 29.4 Å². The van der Waals surface area contributed by atoms with Gasteiger partial charge in [-0.05, 0) is 18.6 Å². The molecule has 0 aliphatic rings. The van der Waals surface area contributed by atoms with Crippen molar-refractivity contribution >= 4 is 12.1 Å². The molecule has 4 heteroatoms. The number of rotatable bonds is 15. The molecule has 0 atom stereocenters. The molecule has 0 aliphatic carbocycles. The first-order valence-corrected chi connectivity index (χ1v) is 10.2. The van der Waals surface area contributed by atoms with Gasteiger partial charge in [0.15, 0.2) is 0 Å². The number of benzene rings is 1. The maximum Gasteiger partial charge on any atom is 0.240 e. The summed E-state index contributed by atoms with van der Waals surface area (Å²) in [4.78, 5) is 11.8. The highest BCUT2D eigenvalue weighted by atomic mass is 16.5. The Bertz CT molecular complexity index is 515. The number of unbranched alkanes of at least 4 members (excludes halogenated alkanes) is 10. The van der Waals surface area contributed by atoms with Gasteiger partial charge in [-0.3, -0.25) is 4.79 Å². The lowest BCUT2D eigenvalue weighted by Gasteiger charge is -2.04. The molecule has 0 radical (unpaired) electrons. The SMILES string of the molecule is CCCCCCCCCCCCCC(=O)N/N=C/c1ccccc1OC. The van der Waals surface area contributed by atoms with E-state index in [1.165, 1.54) is 57.8 Å². The Labute approximate surface area is 159 Å². The Morgan fingerprint density at radius 3 is 2.15 bits per heavy atom. The third-order valence-electron chi connectivity index (χ3n) is 4.54. The number of hydrazone groups is 1. The molecule has 0 saturated carbocycles. The number of carbonyl (C=O) groups is 1. The van der Waals surface area contributed by atoms with Crippen molar-refractivity contribution in [1.82, 2.24) is 5.43 Å². The molecule has 0 unspecified atom stereocenters. The fourth-order valence-corrected chi connectivity index (χ4v) is 2.95. The van der Waals surface area contributed by atoms with Gasteiger partial charge in [-0.15, -0.1) is 0 Å². The highest BCUT2D eigenvalue weighted by Crippen LogP contribution is 2.14. The minimum atomic E-state index is -0.0212. The molecular weight excluding hydrogens is 324 g/mol. The topological polar surface area (TPSA) is 50.7 Å². The van der Waals surface area contributed by atoms with Crippen LogP contribution in [0.1, 0.15) is 89.5 Å². The van der Waals surface area contributed by atoms with E-state index in [0.717, 1.165) is 24.2 Å². The van der Waals surface area contributed by atoms with Gasteiger partial charge in [0, 0.05) is 12.0 Å². The van der Waals surface area contributed by atoms with Gasteiger partial charge in [0.25, 0.3) is 0 Å². The average Bonchev–Trinajstić information content (AvgIpc) is 2.66. The van der Waals surface area contributed by atoms with Crippen LogP contribution in [0.2, 0.25) is 0 Å².